The number of carbonyl (C=O) groups excluding carboxylic acids is 8. The highest BCUT2D eigenvalue weighted by atomic mass is 32.2. The van der Waals surface area contributed by atoms with Crippen molar-refractivity contribution in [2.45, 2.75) is 98.8 Å². The van der Waals surface area contributed by atoms with Crippen molar-refractivity contribution in [3.63, 3.8) is 0 Å². The first-order valence-electron chi connectivity index (χ1n) is 26.7. The maximum atomic E-state index is 15.7. The van der Waals surface area contributed by atoms with Crippen LogP contribution in [0.2, 0.25) is 32.2 Å². The Morgan fingerprint density at radius 3 is 1.17 bits per heavy atom. The number of carbonyl (C=O) groups is 8. The van der Waals surface area contributed by atoms with Crippen LogP contribution in [-0.2, 0) is 24.8 Å². The molecule has 26 heteroatoms. The third-order valence-corrected chi connectivity index (χ3v) is 25.3. The Kier molecular flexibility index (Phi) is 14.3. The number of hydrogen-bond donors (Lipinski definition) is 2. The van der Waals surface area contributed by atoms with Gasteiger partial charge >= 0.3 is 12.4 Å². The van der Waals surface area contributed by atoms with E-state index >= 15 is 26.3 Å². The van der Waals surface area contributed by atoms with Gasteiger partial charge in [-0.1, -0.05) is 44.0 Å². The first-order valence-corrected chi connectivity index (χ1v) is 34.4. The molecule has 8 amide bonds. The summed E-state index contributed by atoms with van der Waals surface area (Å²) in [6, 6.07) is 17.0. The molecular weight excluding hydrogens is 1190 g/mol. The molecule has 0 saturated carbocycles. The lowest BCUT2D eigenvalue weighted by Crippen LogP contribution is -2.53. The van der Waals surface area contributed by atoms with Gasteiger partial charge in [0.1, 0.15) is 22.3 Å². The van der Waals surface area contributed by atoms with Crippen molar-refractivity contribution in [2.24, 2.45) is 0 Å². The molecular formula is C60H52F6N4O13SSi2. The molecule has 0 aliphatic carbocycles. The topological polar surface area (TPSA) is 233 Å². The molecule has 2 N–H and O–H groups in total. The van der Waals surface area contributed by atoms with Crippen LogP contribution in [0, 0.1) is 0 Å². The number of fused-ring (bicyclic) bond motifs is 4. The lowest BCUT2D eigenvalue weighted by Gasteiger charge is -2.35. The molecule has 10 rings (SSSR count). The molecule has 6 aromatic carbocycles. The molecule has 0 bridgehead atoms. The Morgan fingerprint density at radius 1 is 0.465 bits per heavy atom. The number of benzene rings is 6. The quantitative estimate of drug-likeness (QED) is 0.0554. The summed E-state index contributed by atoms with van der Waals surface area (Å²) in [4.78, 5) is 110. The van der Waals surface area contributed by atoms with Crippen molar-refractivity contribution in [3.8, 4) is 11.5 Å². The SMILES string of the molecule is CCCC[Si](C)(C)O[Si](C)(C)CN1C(=O)c2ccc(C(C)(c3ccc4c(c3)C(=O)N(c3cc(S(=O)(=O)c5ccc(O)c(N6C(=O)c7ccc(C(C)(c8ccc9c(c8)C(=O)N(C)C9=O)C(F)(F)F)cc7C6=O)c5)ccc3O)C4=O)C(F)(F)F)cc2C1=O. The van der Waals surface area contributed by atoms with Crippen LogP contribution in [-0.4, -0.2) is 118 Å². The van der Waals surface area contributed by atoms with Crippen LogP contribution in [0.4, 0.5) is 37.7 Å². The van der Waals surface area contributed by atoms with Crippen molar-refractivity contribution < 1.29 is 87.4 Å². The summed E-state index contributed by atoms with van der Waals surface area (Å²) < 4.78 is 128. The number of hydrogen-bond acceptors (Lipinski definition) is 13. The zero-order valence-electron chi connectivity index (χ0n) is 47.1. The van der Waals surface area contributed by atoms with Gasteiger partial charge in [0.15, 0.2) is 16.6 Å². The van der Waals surface area contributed by atoms with Crippen molar-refractivity contribution in [1.29, 1.82) is 0 Å². The molecule has 4 aliphatic rings. The first-order chi connectivity index (χ1) is 39.9. The predicted octanol–water partition coefficient (Wildman–Crippen LogP) is 10.9. The average Bonchev–Trinajstić information content (AvgIpc) is 1.48. The second-order valence-corrected chi connectivity index (χ2v) is 33.7. The van der Waals surface area contributed by atoms with E-state index in [1.54, 1.807) is 0 Å². The van der Waals surface area contributed by atoms with Crippen molar-refractivity contribution in [2.75, 3.05) is 23.0 Å². The van der Waals surface area contributed by atoms with E-state index in [-0.39, 0.29) is 28.4 Å². The number of rotatable bonds is 15. The maximum absolute atomic E-state index is 15.7. The van der Waals surface area contributed by atoms with Crippen molar-refractivity contribution in [1.82, 2.24) is 9.80 Å². The van der Waals surface area contributed by atoms with E-state index in [9.17, 15) is 57.0 Å². The zero-order chi connectivity index (χ0) is 63.1. The average molecular weight is 1240 g/mol. The van der Waals surface area contributed by atoms with Crippen molar-refractivity contribution >= 4 is 85.1 Å². The van der Waals surface area contributed by atoms with E-state index in [1.807, 2.05) is 33.1 Å². The van der Waals surface area contributed by atoms with Crippen LogP contribution < -0.4 is 9.80 Å². The Labute approximate surface area is 489 Å². The fourth-order valence-corrected chi connectivity index (χ4v) is 21.8. The predicted molar refractivity (Wildman–Crippen MR) is 302 cm³/mol. The van der Waals surface area contributed by atoms with E-state index in [4.69, 9.17) is 4.12 Å². The summed E-state index contributed by atoms with van der Waals surface area (Å²) in [5.74, 6) is -9.74. The van der Waals surface area contributed by atoms with Gasteiger partial charge in [-0.25, -0.2) is 18.2 Å². The minimum absolute atomic E-state index is 0.0499. The Balaban J connectivity index is 0.928. The zero-order valence-corrected chi connectivity index (χ0v) is 49.9. The monoisotopic (exact) mass is 1240 g/mol. The number of phenols is 2. The molecule has 17 nitrogen and oxygen atoms in total. The van der Waals surface area contributed by atoms with Gasteiger partial charge in [0, 0.05) is 13.2 Å². The Morgan fingerprint density at radius 2 is 0.791 bits per heavy atom. The van der Waals surface area contributed by atoms with Gasteiger partial charge in [-0.3, -0.25) is 48.2 Å². The summed E-state index contributed by atoms with van der Waals surface area (Å²) in [5.41, 5.74) is -12.5. The van der Waals surface area contributed by atoms with E-state index in [0.29, 0.717) is 21.9 Å². The summed E-state index contributed by atoms with van der Waals surface area (Å²) in [6.45, 7) is 11.4. The van der Waals surface area contributed by atoms with Gasteiger partial charge < -0.3 is 14.3 Å². The summed E-state index contributed by atoms with van der Waals surface area (Å²) in [7, 11) is -8.74. The largest absolute Gasteiger partial charge is 0.506 e. The smallest absolute Gasteiger partial charge is 0.402 e. The molecule has 0 saturated heterocycles. The first kappa shape index (κ1) is 60.5. The number of imide groups is 4. The second kappa shape index (κ2) is 20.3. The Hall–Kier alpha value is -8.60. The number of amides is 8. The van der Waals surface area contributed by atoms with E-state index in [0.717, 1.165) is 147 Å². The fourth-order valence-electron chi connectivity index (χ4n) is 11.6. The van der Waals surface area contributed by atoms with Gasteiger partial charge in [-0.2, -0.15) is 26.3 Å². The van der Waals surface area contributed by atoms with Crippen LogP contribution in [0.15, 0.2) is 119 Å². The van der Waals surface area contributed by atoms with Crippen LogP contribution in [0.1, 0.15) is 139 Å². The van der Waals surface area contributed by atoms with Crippen molar-refractivity contribution in [3.05, 3.63) is 176 Å². The maximum Gasteiger partial charge on any atom is 0.402 e. The highest BCUT2D eigenvalue weighted by Gasteiger charge is 2.57. The fraction of sp³-hybridized carbons (Fsp3) is 0.267. The molecule has 0 radical (unpaired) electrons. The second-order valence-electron chi connectivity index (χ2n) is 23.1. The molecule has 2 unspecified atom stereocenters. The van der Waals surface area contributed by atoms with Crippen LogP contribution in [0.3, 0.4) is 0 Å². The van der Waals surface area contributed by atoms with E-state index in [1.165, 1.54) is 0 Å². The third kappa shape index (κ3) is 9.34. The normalized spacial score (nSPS) is 17.0. The lowest BCUT2D eigenvalue weighted by atomic mass is 9.74. The third-order valence-electron chi connectivity index (χ3n) is 16.5. The van der Waals surface area contributed by atoms with Crippen LogP contribution >= 0.6 is 0 Å². The van der Waals surface area contributed by atoms with E-state index < -0.39 is 174 Å². The number of alkyl halides is 6. The highest BCUT2D eigenvalue weighted by Crippen LogP contribution is 2.51. The molecule has 86 heavy (non-hydrogen) atoms. The van der Waals surface area contributed by atoms with Gasteiger partial charge in [0.05, 0.1) is 65.7 Å². The number of aromatic hydroxyl groups is 2. The summed E-state index contributed by atoms with van der Waals surface area (Å²) in [5, 5.41) is 22.2. The minimum atomic E-state index is -5.16. The molecule has 4 heterocycles. The molecule has 0 spiro atoms. The molecule has 0 aromatic heterocycles. The number of anilines is 2. The molecule has 2 atom stereocenters. The molecule has 6 aromatic rings. The number of phenolic OH excluding ortho intramolecular Hbond substituents is 2. The molecule has 446 valence electrons. The number of unbranched alkanes of at least 4 members (excludes halogenated alkanes) is 1. The van der Waals surface area contributed by atoms with Gasteiger partial charge in [0.25, 0.3) is 47.3 Å². The number of halogens is 6. The van der Waals surface area contributed by atoms with Crippen LogP contribution in [0.5, 0.6) is 11.5 Å². The summed E-state index contributed by atoms with van der Waals surface area (Å²) >= 11 is 0. The van der Waals surface area contributed by atoms with Crippen LogP contribution in [0.25, 0.3) is 0 Å². The molecule has 0 fully saturated rings. The van der Waals surface area contributed by atoms with E-state index in [2.05, 4.69) is 0 Å². The minimum Gasteiger partial charge on any atom is -0.506 e. The highest BCUT2D eigenvalue weighted by molar-refractivity contribution is 7.91. The van der Waals surface area contributed by atoms with Gasteiger partial charge in [-0.05, 0) is 153 Å². The number of nitrogens with zero attached hydrogens (tertiary/aromatic N) is 4. The van der Waals surface area contributed by atoms with Gasteiger partial charge in [-0.15, -0.1) is 0 Å². The lowest BCUT2D eigenvalue weighted by molar-refractivity contribution is -0.173. The summed E-state index contributed by atoms with van der Waals surface area (Å²) in [6.07, 6.45) is -8.45. The Bertz CT molecular complexity index is 4190. The number of sulfone groups is 1. The standard InChI is InChI=1S/C60H52F6N4O13SSi2/c1-9-10-23-85(5,6)83-86(7,8)30-68-51(75)38-18-12-32(25-42(38)52(68)76)58(3,60(64,65)66)34-14-20-40-44(27-34)56(80)70(54(40)78)46-29-36(16-22-48(46)72)84(81,82)35-15-21-47(71)45(28-35)69-53(77)39-19-13-33(26-43(39)55(69)79)57(2,59(61,62)63)31-11-17-37-41(24-31)50(74)67(4)49(37)73/h11-22,24-29,71-72H,9-10,23,30H2,1-8H3. The van der Waals surface area contributed by atoms with Gasteiger partial charge in [0.2, 0.25) is 9.84 Å². The molecule has 4 aliphatic heterocycles.